The van der Waals surface area contributed by atoms with Gasteiger partial charge in [-0.2, -0.15) is 0 Å². The first-order valence-corrected chi connectivity index (χ1v) is 18.6. The minimum Gasteiger partial charge on any atom is -0.490 e. The molecule has 4 aliphatic rings. The zero-order valence-corrected chi connectivity index (χ0v) is 28.6. The molecule has 256 valence electrons. The topological polar surface area (TPSA) is 114 Å². The summed E-state index contributed by atoms with van der Waals surface area (Å²) >= 11 is 0. The molecule has 1 heterocycles. The lowest BCUT2D eigenvalue weighted by atomic mass is 9.74. The molecule has 0 radical (unpaired) electrons. The Balaban J connectivity index is 1.25. The van der Waals surface area contributed by atoms with E-state index in [1.165, 1.54) is 19.9 Å². The molecule has 0 bridgehead atoms. The number of benzene rings is 2. The summed E-state index contributed by atoms with van der Waals surface area (Å²) in [6.07, 6.45) is 7.36. The van der Waals surface area contributed by atoms with Crippen LogP contribution in [0, 0.1) is 5.82 Å². The number of ether oxygens (including phenoxy) is 1. The quantitative estimate of drug-likeness (QED) is 0.289. The second kappa shape index (κ2) is 12.4. The van der Waals surface area contributed by atoms with Crippen LogP contribution in [-0.4, -0.2) is 55.4 Å². The Morgan fingerprint density at radius 3 is 2.40 bits per heavy atom. The molecule has 2 aromatic carbocycles. The fraction of sp³-hybridized carbons (Fsp3) is 0.611. The normalized spacial score (nSPS) is 25.8. The van der Waals surface area contributed by atoms with E-state index in [0.717, 1.165) is 38.5 Å². The molecule has 4 fully saturated rings. The van der Waals surface area contributed by atoms with Crippen molar-refractivity contribution in [2.24, 2.45) is 0 Å². The largest absolute Gasteiger partial charge is 0.490 e. The van der Waals surface area contributed by atoms with Gasteiger partial charge in [-0.05, 0) is 113 Å². The van der Waals surface area contributed by atoms with Gasteiger partial charge < -0.3 is 15.4 Å². The number of halogens is 2. The lowest BCUT2D eigenvalue weighted by molar-refractivity contribution is -0.133. The summed E-state index contributed by atoms with van der Waals surface area (Å²) in [4.78, 5) is 26.4. The maximum atomic E-state index is 15.7. The van der Waals surface area contributed by atoms with E-state index in [0.29, 0.717) is 47.3 Å². The van der Waals surface area contributed by atoms with Crippen LogP contribution in [0.15, 0.2) is 36.4 Å². The van der Waals surface area contributed by atoms with Gasteiger partial charge in [0.15, 0.2) is 0 Å². The van der Waals surface area contributed by atoms with E-state index in [-0.39, 0.29) is 42.4 Å². The fourth-order valence-corrected chi connectivity index (χ4v) is 8.15. The minimum absolute atomic E-state index is 0.0376. The predicted octanol–water partition coefficient (Wildman–Crippen LogP) is 5.93. The first kappa shape index (κ1) is 33.8. The van der Waals surface area contributed by atoms with Crippen LogP contribution < -0.4 is 20.1 Å². The highest BCUT2D eigenvalue weighted by Gasteiger charge is 2.55. The van der Waals surface area contributed by atoms with E-state index in [4.69, 9.17) is 4.74 Å². The Labute approximate surface area is 276 Å². The highest BCUT2D eigenvalue weighted by atomic mass is 32.2. The lowest BCUT2D eigenvalue weighted by Crippen LogP contribution is -2.49. The number of hydrogen-bond acceptors (Lipinski definition) is 6. The van der Waals surface area contributed by atoms with Crippen LogP contribution in [-0.2, 0) is 25.0 Å². The SMILES string of the molecule is CC(C)S(=O)(=O)NC(=O)C(C)(C)c1ccc(O[C@@H]2CC[C@@H](NC(=O)[C@@]3(F)CNC4(CCC4)C3)C2)c(-c2cccc(F)c2C2CCC2)c1. The van der Waals surface area contributed by atoms with Crippen molar-refractivity contribution in [2.45, 2.75) is 132 Å². The van der Waals surface area contributed by atoms with Crippen molar-refractivity contribution in [3.8, 4) is 16.9 Å². The number of alkyl halides is 1. The number of nitrogens with one attached hydrogen (secondary N) is 3. The molecule has 8 nitrogen and oxygen atoms in total. The molecule has 3 aliphatic carbocycles. The van der Waals surface area contributed by atoms with Crippen LogP contribution in [0.25, 0.3) is 11.1 Å². The smallest absolute Gasteiger partial charge is 0.259 e. The van der Waals surface area contributed by atoms with Crippen molar-refractivity contribution in [3.05, 3.63) is 53.3 Å². The molecule has 1 saturated heterocycles. The van der Waals surface area contributed by atoms with Crippen molar-refractivity contribution < 1.29 is 31.5 Å². The van der Waals surface area contributed by atoms with Crippen LogP contribution in [0.4, 0.5) is 8.78 Å². The Kier molecular flexibility index (Phi) is 8.96. The molecule has 3 saturated carbocycles. The van der Waals surface area contributed by atoms with Crippen molar-refractivity contribution >= 4 is 21.8 Å². The number of hydrogen-bond donors (Lipinski definition) is 3. The van der Waals surface area contributed by atoms with E-state index in [1.54, 1.807) is 38.1 Å². The van der Waals surface area contributed by atoms with E-state index < -0.39 is 38.2 Å². The molecule has 47 heavy (non-hydrogen) atoms. The number of rotatable bonds is 10. The summed E-state index contributed by atoms with van der Waals surface area (Å²) in [5, 5.41) is 5.41. The number of amides is 2. The summed E-state index contributed by atoms with van der Waals surface area (Å²) < 4.78 is 64.9. The highest BCUT2D eigenvalue weighted by Crippen LogP contribution is 2.47. The first-order chi connectivity index (χ1) is 22.1. The highest BCUT2D eigenvalue weighted by molar-refractivity contribution is 7.90. The first-order valence-electron chi connectivity index (χ1n) is 17.0. The maximum absolute atomic E-state index is 15.7. The van der Waals surface area contributed by atoms with E-state index in [9.17, 15) is 18.0 Å². The predicted molar refractivity (Wildman–Crippen MR) is 177 cm³/mol. The molecule has 2 aromatic rings. The van der Waals surface area contributed by atoms with Gasteiger partial charge in [0.1, 0.15) is 17.7 Å². The van der Waals surface area contributed by atoms with Crippen LogP contribution in [0.1, 0.15) is 109 Å². The standard InChI is InChI=1S/C36H47F2N3O5S/c1-22(2)47(44,45)41-32(42)34(3,4)24-12-15-30(28(18-24)27-10-6-11-29(37)31(27)23-8-5-9-23)46-26-14-13-25(19-26)40-33(43)36(38)20-35(39-21-36)16-7-17-35/h6,10-12,15,18,22-23,25-26,39H,5,7-9,13-14,16-17,19-21H2,1-4H3,(H,40,43)(H,41,42)/t25-,26-,36+/m1/s1. The molecule has 2 amide bonds. The number of sulfonamides is 1. The second-order valence-electron chi connectivity index (χ2n) is 15.0. The monoisotopic (exact) mass is 671 g/mol. The third-order valence-electron chi connectivity index (χ3n) is 11.1. The molecule has 3 N–H and O–H groups in total. The van der Waals surface area contributed by atoms with Crippen LogP contribution in [0.2, 0.25) is 0 Å². The van der Waals surface area contributed by atoms with Crippen molar-refractivity contribution in [2.75, 3.05) is 6.54 Å². The van der Waals surface area contributed by atoms with Gasteiger partial charge in [-0.25, -0.2) is 17.2 Å². The van der Waals surface area contributed by atoms with Crippen molar-refractivity contribution in [3.63, 3.8) is 0 Å². The molecule has 0 unspecified atom stereocenters. The van der Waals surface area contributed by atoms with Crippen molar-refractivity contribution in [1.29, 1.82) is 0 Å². The zero-order chi connectivity index (χ0) is 33.8. The van der Waals surface area contributed by atoms with Gasteiger partial charge in [0.2, 0.25) is 21.6 Å². The third kappa shape index (κ3) is 6.54. The van der Waals surface area contributed by atoms with Gasteiger partial charge in [0.05, 0.1) is 10.7 Å². The summed E-state index contributed by atoms with van der Waals surface area (Å²) in [6.45, 7) is 6.36. The Morgan fingerprint density at radius 1 is 1.04 bits per heavy atom. The van der Waals surface area contributed by atoms with Gasteiger partial charge in [-0.3, -0.25) is 14.3 Å². The van der Waals surface area contributed by atoms with Gasteiger partial charge >= 0.3 is 0 Å². The van der Waals surface area contributed by atoms with Gasteiger partial charge in [-0.15, -0.1) is 0 Å². The molecule has 11 heteroatoms. The summed E-state index contributed by atoms with van der Waals surface area (Å²) in [5.74, 6) is -0.938. The van der Waals surface area contributed by atoms with Crippen LogP contribution in [0.3, 0.4) is 0 Å². The molecular weight excluding hydrogens is 624 g/mol. The maximum Gasteiger partial charge on any atom is 0.259 e. The van der Waals surface area contributed by atoms with Crippen molar-refractivity contribution in [1.82, 2.24) is 15.4 Å². The number of carbonyl (C=O) groups is 2. The molecule has 3 atom stereocenters. The molecule has 0 aromatic heterocycles. The lowest BCUT2D eigenvalue weighted by Gasteiger charge is -2.38. The molecular formula is C36H47F2N3O5S. The van der Waals surface area contributed by atoms with E-state index >= 15 is 8.78 Å². The van der Waals surface area contributed by atoms with Crippen LogP contribution in [0.5, 0.6) is 5.75 Å². The summed E-state index contributed by atoms with van der Waals surface area (Å²) in [5.41, 5.74) is -0.914. The van der Waals surface area contributed by atoms with Crippen LogP contribution >= 0.6 is 0 Å². The second-order valence-corrected chi connectivity index (χ2v) is 17.3. The number of carbonyl (C=O) groups excluding carboxylic acids is 2. The minimum atomic E-state index is -3.85. The Morgan fingerprint density at radius 2 is 1.79 bits per heavy atom. The van der Waals surface area contributed by atoms with E-state index in [1.807, 2.05) is 6.07 Å². The summed E-state index contributed by atoms with van der Waals surface area (Å²) in [7, 11) is -3.85. The van der Waals surface area contributed by atoms with Gasteiger partial charge in [-0.1, -0.05) is 24.6 Å². The average molecular weight is 672 g/mol. The molecule has 1 aliphatic heterocycles. The fourth-order valence-electron chi connectivity index (χ4n) is 7.40. The Hall–Kier alpha value is -3.05. The third-order valence-corrected chi connectivity index (χ3v) is 12.8. The van der Waals surface area contributed by atoms with E-state index in [2.05, 4.69) is 15.4 Å². The Bertz CT molecular complexity index is 1650. The molecule has 6 rings (SSSR count). The molecule has 1 spiro atoms. The summed E-state index contributed by atoms with van der Waals surface area (Å²) in [6, 6.07) is 10.1. The van der Waals surface area contributed by atoms with Gasteiger partial charge in [0.25, 0.3) is 5.91 Å². The average Bonchev–Trinajstić information content (AvgIpc) is 3.57. The van der Waals surface area contributed by atoms with Gasteiger partial charge in [0, 0.05) is 36.5 Å². The zero-order valence-electron chi connectivity index (χ0n) is 27.8.